The molecule has 1 N–H and O–H groups in total. The molecule has 3 nitrogen and oxygen atoms in total. The Balaban J connectivity index is 0.000000196. The van der Waals surface area contributed by atoms with Gasteiger partial charge in [-0.2, -0.15) is 0 Å². The highest BCUT2D eigenvalue weighted by Gasteiger charge is 2.47. The quantitative estimate of drug-likeness (QED) is 0.713. The molecule has 1 aromatic carbocycles. The van der Waals surface area contributed by atoms with Gasteiger partial charge in [-0.15, -0.1) is 0 Å². The number of benzene rings is 1. The van der Waals surface area contributed by atoms with Crippen molar-refractivity contribution in [1.29, 1.82) is 0 Å². The third-order valence-corrected chi connectivity index (χ3v) is 5.21. The molecule has 3 rings (SSSR count). The first-order valence-electron chi connectivity index (χ1n) is 9.22. The van der Waals surface area contributed by atoms with Crippen LogP contribution in [-0.2, 0) is 9.47 Å². The average molecular weight is 370 g/mol. The van der Waals surface area contributed by atoms with Gasteiger partial charge in [-0.1, -0.05) is 65.1 Å². The minimum Gasteiger partial charge on any atom is -0.348 e. The smallest absolute Gasteiger partial charge is 0.184 e. The SMILES string of the molecule is CC(C)c1ccccc1F.CC1(C)COC2(CCCCC2NS)OC1. The van der Waals surface area contributed by atoms with Crippen LogP contribution in [-0.4, -0.2) is 25.0 Å². The number of rotatable bonds is 2. The second kappa shape index (κ2) is 8.85. The van der Waals surface area contributed by atoms with Gasteiger partial charge in [-0.05, 0) is 30.4 Å². The first kappa shape index (κ1) is 20.7. The number of nitrogens with one attached hydrogen (secondary N) is 1. The normalized spacial score (nSPS) is 24.7. The van der Waals surface area contributed by atoms with Crippen LogP contribution in [0.25, 0.3) is 0 Å². The lowest BCUT2D eigenvalue weighted by atomic mass is 9.86. The van der Waals surface area contributed by atoms with Crippen LogP contribution in [0, 0.1) is 11.2 Å². The van der Waals surface area contributed by atoms with E-state index in [2.05, 4.69) is 31.4 Å². The van der Waals surface area contributed by atoms with Crippen molar-refractivity contribution in [2.45, 2.75) is 71.1 Å². The maximum Gasteiger partial charge on any atom is 0.184 e. The lowest BCUT2D eigenvalue weighted by Crippen LogP contribution is -2.59. The largest absolute Gasteiger partial charge is 0.348 e. The molecule has 1 atom stereocenters. The summed E-state index contributed by atoms with van der Waals surface area (Å²) in [6.07, 6.45) is 4.49. The van der Waals surface area contributed by atoms with Crippen LogP contribution in [0.15, 0.2) is 24.3 Å². The van der Waals surface area contributed by atoms with Crippen molar-refractivity contribution in [3.63, 3.8) is 0 Å². The van der Waals surface area contributed by atoms with Crippen molar-refractivity contribution in [1.82, 2.24) is 4.72 Å². The third kappa shape index (κ3) is 5.43. The molecule has 1 saturated heterocycles. The Morgan fingerprint density at radius 3 is 2.32 bits per heavy atom. The molecule has 1 heterocycles. The Morgan fingerprint density at radius 1 is 1.16 bits per heavy atom. The van der Waals surface area contributed by atoms with Crippen LogP contribution in [0.5, 0.6) is 0 Å². The molecule has 0 bridgehead atoms. The summed E-state index contributed by atoms with van der Waals surface area (Å²) < 4.78 is 27.9. The maximum absolute atomic E-state index is 12.8. The number of thiol groups is 1. The molecule has 1 spiro atoms. The fraction of sp³-hybridized carbons (Fsp3) is 0.700. The summed E-state index contributed by atoms with van der Waals surface area (Å²) in [6, 6.07) is 7.11. The molecule has 2 aliphatic rings. The van der Waals surface area contributed by atoms with E-state index in [1.165, 1.54) is 18.9 Å². The molecule has 0 aromatic heterocycles. The molecule has 1 unspecified atom stereocenters. The van der Waals surface area contributed by atoms with Crippen molar-refractivity contribution in [3.8, 4) is 0 Å². The fourth-order valence-corrected chi connectivity index (χ4v) is 3.61. The number of hydrogen-bond acceptors (Lipinski definition) is 4. The molecule has 0 radical (unpaired) electrons. The molecule has 2 fully saturated rings. The number of ether oxygens (including phenoxy) is 2. The summed E-state index contributed by atoms with van der Waals surface area (Å²) in [5.74, 6) is -0.228. The van der Waals surface area contributed by atoms with Gasteiger partial charge in [0.25, 0.3) is 0 Å². The van der Waals surface area contributed by atoms with Crippen molar-refractivity contribution in [3.05, 3.63) is 35.6 Å². The van der Waals surface area contributed by atoms with Crippen LogP contribution < -0.4 is 4.72 Å². The van der Waals surface area contributed by atoms with Crippen LogP contribution in [0.1, 0.15) is 64.9 Å². The zero-order valence-electron chi connectivity index (χ0n) is 15.8. The highest BCUT2D eigenvalue weighted by Crippen LogP contribution is 2.39. The van der Waals surface area contributed by atoms with Gasteiger partial charge in [-0.25, -0.2) is 4.39 Å². The molecule has 142 valence electrons. The summed E-state index contributed by atoms with van der Waals surface area (Å²) >= 11 is 4.18. The average Bonchev–Trinajstić information content (AvgIpc) is 2.59. The van der Waals surface area contributed by atoms with E-state index in [4.69, 9.17) is 9.47 Å². The Bertz CT molecular complexity index is 540. The molecule has 0 amide bonds. The van der Waals surface area contributed by atoms with Crippen LogP contribution in [0.4, 0.5) is 4.39 Å². The van der Waals surface area contributed by atoms with E-state index in [0.717, 1.165) is 31.6 Å². The molecule has 1 saturated carbocycles. The Kier molecular flexibility index (Phi) is 7.32. The van der Waals surface area contributed by atoms with Gasteiger partial charge < -0.3 is 9.47 Å². The molecule has 1 aliphatic heterocycles. The molecule has 5 heteroatoms. The maximum atomic E-state index is 12.8. The Morgan fingerprint density at radius 2 is 1.80 bits per heavy atom. The van der Waals surface area contributed by atoms with Gasteiger partial charge in [0.1, 0.15) is 5.82 Å². The summed E-state index contributed by atoms with van der Waals surface area (Å²) in [6.45, 7) is 9.87. The third-order valence-electron chi connectivity index (χ3n) is 4.90. The minimum absolute atomic E-state index is 0.0995. The first-order chi connectivity index (χ1) is 11.8. The molecule has 25 heavy (non-hydrogen) atoms. The van der Waals surface area contributed by atoms with Gasteiger partial charge >= 0.3 is 0 Å². The van der Waals surface area contributed by atoms with Crippen molar-refractivity contribution < 1.29 is 13.9 Å². The van der Waals surface area contributed by atoms with Crippen molar-refractivity contribution >= 4 is 12.8 Å². The van der Waals surface area contributed by atoms with Gasteiger partial charge in [-0.3, -0.25) is 4.72 Å². The predicted octanol–water partition coefficient (Wildman–Crippen LogP) is 5.08. The van der Waals surface area contributed by atoms with Crippen molar-refractivity contribution in [2.75, 3.05) is 13.2 Å². The highest BCUT2D eigenvalue weighted by atomic mass is 32.1. The lowest BCUT2D eigenvalue weighted by molar-refractivity contribution is -0.318. The second-order valence-electron chi connectivity index (χ2n) is 8.16. The van der Waals surface area contributed by atoms with Gasteiger partial charge in [0.15, 0.2) is 5.79 Å². The zero-order valence-corrected chi connectivity index (χ0v) is 16.7. The zero-order chi connectivity index (χ0) is 18.5. The summed E-state index contributed by atoms with van der Waals surface area (Å²) in [5.41, 5.74) is 0.937. The fourth-order valence-electron chi connectivity index (χ4n) is 3.28. The van der Waals surface area contributed by atoms with Gasteiger partial charge in [0, 0.05) is 11.8 Å². The van der Waals surface area contributed by atoms with E-state index in [1.54, 1.807) is 6.07 Å². The number of halogens is 1. The molecule has 1 aromatic rings. The minimum atomic E-state index is -0.407. The van der Waals surface area contributed by atoms with Gasteiger partial charge in [0.05, 0.1) is 19.3 Å². The monoisotopic (exact) mass is 369 g/mol. The second-order valence-corrected chi connectivity index (χ2v) is 8.42. The lowest BCUT2D eigenvalue weighted by Gasteiger charge is -2.49. The molecule has 1 aliphatic carbocycles. The van der Waals surface area contributed by atoms with Gasteiger partial charge in [0.2, 0.25) is 0 Å². The highest BCUT2D eigenvalue weighted by molar-refractivity contribution is 7.78. The first-order valence-corrected chi connectivity index (χ1v) is 9.66. The van der Waals surface area contributed by atoms with E-state index >= 15 is 0 Å². The Labute approximate surface area is 157 Å². The standard InChI is InChI=1S/C11H21NO2S.C9H11F/c1-10(2)7-13-11(14-8-10)6-4-3-5-9(11)12-15;1-7(2)8-5-3-4-6-9(8)10/h9,12,15H,3-8H2,1-2H3;3-7H,1-2H3. The topological polar surface area (TPSA) is 30.5 Å². The van der Waals surface area contributed by atoms with E-state index in [9.17, 15) is 4.39 Å². The predicted molar refractivity (Wildman–Crippen MR) is 103 cm³/mol. The van der Waals surface area contributed by atoms with E-state index in [-0.39, 0.29) is 23.2 Å². The van der Waals surface area contributed by atoms with E-state index in [1.807, 2.05) is 26.0 Å². The van der Waals surface area contributed by atoms with E-state index in [0.29, 0.717) is 0 Å². The Hall–Kier alpha value is -0.620. The summed E-state index contributed by atoms with van der Waals surface area (Å²) in [4.78, 5) is 0. The van der Waals surface area contributed by atoms with Crippen LogP contribution in [0.2, 0.25) is 0 Å². The summed E-state index contributed by atoms with van der Waals surface area (Å²) in [5, 5.41) is 0. The molecular weight excluding hydrogens is 337 g/mol. The molecular formula is C20H32FNO2S. The number of hydrogen-bond donors (Lipinski definition) is 2. The van der Waals surface area contributed by atoms with Crippen LogP contribution >= 0.6 is 12.8 Å². The summed E-state index contributed by atoms with van der Waals surface area (Å²) in [7, 11) is 0. The van der Waals surface area contributed by atoms with Crippen molar-refractivity contribution in [2.24, 2.45) is 5.41 Å². The van der Waals surface area contributed by atoms with Crippen LogP contribution in [0.3, 0.4) is 0 Å². The van der Waals surface area contributed by atoms with E-state index < -0.39 is 5.79 Å².